The third-order valence-corrected chi connectivity index (χ3v) is 4.94. The molecular formula is C15H24N4O. The van der Waals surface area contributed by atoms with Crippen molar-refractivity contribution in [2.75, 3.05) is 0 Å². The lowest BCUT2D eigenvalue weighted by Crippen LogP contribution is -2.47. The molecule has 5 nitrogen and oxygen atoms in total. The Kier molecular flexibility index (Phi) is 3.68. The van der Waals surface area contributed by atoms with Crippen molar-refractivity contribution in [3.63, 3.8) is 0 Å². The number of fused-ring (bicyclic) bond motifs is 1. The van der Waals surface area contributed by atoms with Gasteiger partial charge in [-0.25, -0.2) is 4.79 Å². The number of rotatable bonds is 2. The molecule has 1 aliphatic heterocycles. The van der Waals surface area contributed by atoms with Crippen LogP contribution in [0.1, 0.15) is 50.3 Å². The molecule has 0 unspecified atom stereocenters. The van der Waals surface area contributed by atoms with E-state index < -0.39 is 0 Å². The molecule has 1 saturated carbocycles. The molecule has 1 aromatic rings. The zero-order chi connectivity index (χ0) is 14.1. The fraction of sp³-hybridized carbons (Fsp3) is 0.733. The quantitative estimate of drug-likeness (QED) is 0.872. The van der Waals surface area contributed by atoms with Crippen LogP contribution in [0.3, 0.4) is 0 Å². The Morgan fingerprint density at radius 3 is 3.05 bits per heavy atom. The van der Waals surface area contributed by atoms with Crippen LogP contribution in [0.15, 0.2) is 6.20 Å². The number of nitrogens with zero attached hydrogens (tertiary/aromatic N) is 2. The zero-order valence-corrected chi connectivity index (χ0v) is 12.4. The number of carbonyl (C=O) groups excluding carboxylic acids is 1. The molecule has 3 rings (SSSR count). The van der Waals surface area contributed by atoms with Crippen LogP contribution in [0.4, 0.5) is 4.79 Å². The summed E-state index contributed by atoms with van der Waals surface area (Å²) in [7, 11) is 0. The molecule has 2 amide bonds. The van der Waals surface area contributed by atoms with Gasteiger partial charge in [-0.05, 0) is 39.0 Å². The number of carbonyl (C=O) groups is 1. The summed E-state index contributed by atoms with van der Waals surface area (Å²) in [6.07, 6.45) is 8.01. The molecule has 2 N–H and O–H groups in total. The molecular weight excluding hydrogens is 252 g/mol. The predicted molar refractivity (Wildman–Crippen MR) is 77.2 cm³/mol. The van der Waals surface area contributed by atoms with Gasteiger partial charge in [0.15, 0.2) is 0 Å². The molecule has 1 aromatic heterocycles. The number of aromatic amines is 1. The molecule has 0 aromatic carbocycles. The summed E-state index contributed by atoms with van der Waals surface area (Å²) >= 11 is 0. The highest BCUT2D eigenvalue weighted by Crippen LogP contribution is 2.39. The smallest absolute Gasteiger partial charge is 0.318 e. The molecule has 5 heteroatoms. The Hall–Kier alpha value is -1.52. The Morgan fingerprint density at radius 1 is 1.50 bits per heavy atom. The summed E-state index contributed by atoms with van der Waals surface area (Å²) in [6.45, 7) is 4.72. The number of hydrogen-bond donors (Lipinski definition) is 2. The van der Waals surface area contributed by atoms with E-state index in [9.17, 15) is 4.79 Å². The number of likely N-dealkylation sites (tertiary alicyclic amines) is 1. The van der Waals surface area contributed by atoms with Gasteiger partial charge in [-0.15, -0.1) is 0 Å². The number of amides is 2. The number of nitrogens with one attached hydrogen (secondary N) is 2. The van der Waals surface area contributed by atoms with E-state index in [-0.39, 0.29) is 6.03 Å². The fourth-order valence-electron chi connectivity index (χ4n) is 3.87. The first-order valence-electron chi connectivity index (χ1n) is 7.72. The normalized spacial score (nSPS) is 29.3. The molecule has 2 heterocycles. The maximum atomic E-state index is 12.5. The zero-order valence-electron chi connectivity index (χ0n) is 12.4. The molecule has 3 atom stereocenters. The van der Waals surface area contributed by atoms with E-state index in [4.69, 9.17) is 0 Å². The number of hydrogen-bond acceptors (Lipinski definition) is 2. The van der Waals surface area contributed by atoms with E-state index in [0.717, 1.165) is 17.2 Å². The van der Waals surface area contributed by atoms with Gasteiger partial charge in [0.25, 0.3) is 0 Å². The van der Waals surface area contributed by atoms with Crippen molar-refractivity contribution in [1.29, 1.82) is 0 Å². The summed E-state index contributed by atoms with van der Waals surface area (Å²) in [4.78, 5) is 14.6. The van der Waals surface area contributed by atoms with Crippen LogP contribution >= 0.6 is 0 Å². The molecule has 0 bridgehead atoms. The van der Waals surface area contributed by atoms with Gasteiger partial charge in [0.1, 0.15) is 0 Å². The Bertz CT molecular complexity index is 484. The SMILES string of the molecule is Cc1[nH]ncc1CNC(=O)N1[C@H](C)C[C@@H]2CCCC[C@H]21. The molecule has 0 radical (unpaired) electrons. The van der Waals surface area contributed by atoms with Gasteiger partial charge in [-0.3, -0.25) is 5.10 Å². The van der Waals surface area contributed by atoms with Gasteiger partial charge in [-0.2, -0.15) is 5.10 Å². The number of H-pyrrole nitrogens is 1. The highest BCUT2D eigenvalue weighted by molar-refractivity contribution is 5.75. The molecule has 20 heavy (non-hydrogen) atoms. The minimum atomic E-state index is 0.0903. The van der Waals surface area contributed by atoms with Crippen molar-refractivity contribution in [1.82, 2.24) is 20.4 Å². The first-order valence-corrected chi connectivity index (χ1v) is 7.72. The topological polar surface area (TPSA) is 61.0 Å². The highest BCUT2D eigenvalue weighted by atomic mass is 16.2. The van der Waals surface area contributed by atoms with Crippen LogP contribution < -0.4 is 5.32 Å². The van der Waals surface area contributed by atoms with Gasteiger partial charge < -0.3 is 10.2 Å². The van der Waals surface area contributed by atoms with Crippen LogP contribution in [-0.4, -0.2) is 33.2 Å². The fourth-order valence-corrected chi connectivity index (χ4v) is 3.87. The summed E-state index contributed by atoms with van der Waals surface area (Å²) in [6, 6.07) is 0.922. The standard InChI is InChI=1S/C15H24N4O/c1-10-7-12-5-3-4-6-14(12)19(10)15(20)16-8-13-9-17-18-11(13)2/h9-10,12,14H,3-8H2,1-2H3,(H,16,20)(H,17,18)/t10-,12+,14-/m1/s1. The maximum Gasteiger partial charge on any atom is 0.318 e. The third-order valence-electron chi connectivity index (χ3n) is 4.94. The van der Waals surface area contributed by atoms with Crippen molar-refractivity contribution in [2.24, 2.45) is 5.92 Å². The van der Waals surface area contributed by atoms with Crippen LogP contribution in [0.25, 0.3) is 0 Å². The minimum Gasteiger partial charge on any atom is -0.334 e. The number of aryl methyl sites for hydroxylation is 1. The summed E-state index contributed by atoms with van der Waals surface area (Å²) in [5, 5.41) is 9.95. The van der Waals surface area contributed by atoms with Gasteiger partial charge in [0, 0.05) is 29.9 Å². The van der Waals surface area contributed by atoms with Crippen LogP contribution in [0.5, 0.6) is 0 Å². The van der Waals surface area contributed by atoms with Crippen molar-refractivity contribution in [3.8, 4) is 0 Å². The van der Waals surface area contributed by atoms with E-state index in [2.05, 4.69) is 27.3 Å². The average Bonchev–Trinajstić information content (AvgIpc) is 2.98. The molecule has 0 spiro atoms. The van der Waals surface area contributed by atoms with E-state index in [1.165, 1.54) is 32.1 Å². The summed E-state index contributed by atoms with van der Waals surface area (Å²) in [5.41, 5.74) is 2.08. The lowest BCUT2D eigenvalue weighted by molar-refractivity contribution is 0.155. The molecule has 1 saturated heterocycles. The second-order valence-electron chi connectivity index (χ2n) is 6.28. The third kappa shape index (κ3) is 2.41. The monoisotopic (exact) mass is 276 g/mol. The molecule has 2 aliphatic rings. The number of aromatic nitrogens is 2. The lowest BCUT2D eigenvalue weighted by Gasteiger charge is -2.33. The van der Waals surface area contributed by atoms with Crippen LogP contribution in [0.2, 0.25) is 0 Å². The lowest BCUT2D eigenvalue weighted by atomic mass is 9.85. The van der Waals surface area contributed by atoms with E-state index in [1.807, 2.05) is 6.92 Å². The first-order chi connectivity index (χ1) is 9.66. The highest BCUT2D eigenvalue weighted by Gasteiger charge is 2.42. The van der Waals surface area contributed by atoms with Gasteiger partial charge >= 0.3 is 6.03 Å². The van der Waals surface area contributed by atoms with Gasteiger partial charge in [-0.1, -0.05) is 12.8 Å². The second-order valence-corrected chi connectivity index (χ2v) is 6.28. The molecule has 110 valence electrons. The Labute approximate surface area is 120 Å². The van der Waals surface area contributed by atoms with Crippen LogP contribution in [0, 0.1) is 12.8 Å². The van der Waals surface area contributed by atoms with E-state index in [1.54, 1.807) is 6.20 Å². The second kappa shape index (κ2) is 5.46. The molecule has 2 fully saturated rings. The summed E-state index contributed by atoms with van der Waals surface area (Å²) in [5.74, 6) is 0.722. The Morgan fingerprint density at radius 2 is 2.30 bits per heavy atom. The van der Waals surface area contributed by atoms with E-state index >= 15 is 0 Å². The van der Waals surface area contributed by atoms with Crippen molar-refractivity contribution >= 4 is 6.03 Å². The average molecular weight is 276 g/mol. The largest absolute Gasteiger partial charge is 0.334 e. The van der Waals surface area contributed by atoms with Crippen molar-refractivity contribution in [3.05, 3.63) is 17.5 Å². The van der Waals surface area contributed by atoms with Gasteiger partial charge in [0.05, 0.1) is 6.20 Å². The number of urea groups is 1. The summed E-state index contributed by atoms with van der Waals surface area (Å²) < 4.78 is 0. The first kappa shape index (κ1) is 13.5. The minimum absolute atomic E-state index is 0.0903. The predicted octanol–water partition coefficient (Wildman–Crippen LogP) is 2.58. The van der Waals surface area contributed by atoms with Crippen LogP contribution in [-0.2, 0) is 6.54 Å². The Balaban J connectivity index is 1.63. The van der Waals surface area contributed by atoms with Crippen molar-refractivity contribution < 1.29 is 4.79 Å². The van der Waals surface area contributed by atoms with E-state index in [0.29, 0.717) is 18.6 Å². The van der Waals surface area contributed by atoms with Crippen molar-refractivity contribution in [2.45, 2.75) is 64.6 Å². The maximum absolute atomic E-state index is 12.5. The molecule has 1 aliphatic carbocycles. The van der Waals surface area contributed by atoms with Gasteiger partial charge in [0.2, 0.25) is 0 Å².